The molecule has 17 heavy (non-hydrogen) atoms. The number of nitrogens with two attached hydrogens (primary N) is 1. The monoisotopic (exact) mass is 240 g/mol. The van der Waals surface area contributed by atoms with Crippen molar-refractivity contribution in [3.8, 4) is 5.75 Å². The van der Waals surface area contributed by atoms with E-state index in [-0.39, 0.29) is 17.0 Å². The molecule has 0 aliphatic carbocycles. The fraction of sp³-hybridized carbons (Fsp3) is 0.417. The number of halogens is 1. The van der Waals surface area contributed by atoms with Crippen LogP contribution in [0.3, 0.4) is 0 Å². The van der Waals surface area contributed by atoms with Crippen LogP contribution in [0.15, 0.2) is 18.2 Å². The van der Waals surface area contributed by atoms with Gasteiger partial charge in [0.2, 0.25) is 5.91 Å². The summed E-state index contributed by atoms with van der Waals surface area (Å²) >= 11 is 0. The number of rotatable bonds is 2. The molecule has 5 heteroatoms. The van der Waals surface area contributed by atoms with E-state index in [1.807, 2.05) is 20.8 Å². The van der Waals surface area contributed by atoms with Crippen LogP contribution in [0.5, 0.6) is 5.75 Å². The van der Waals surface area contributed by atoms with E-state index in [0.29, 0.717) is 0 Å². The van der Waals surface area contributed by atoms with Crippen molar-refractivity contribution in [1.82, 2.24) is 0 Å². The second kappa shape index (κ2) is 4.71. The summed E-state index contributed by atoms with van der Waals surface area (Å²) in [4.78, 5) is 11.7. The van der Waals surface area contributed by atoms with Crippen molar-refractivity contribution in [3.63, 3.8) is 0 Å². The highest BCUT2D eigenvalue weighted by atomic mass is 19.1. The van der Waals surface area contributed by atoms with Gasteiger partial charge >= 0.3 is 0 Å². The lowest BCUT2D eigenvalue weighted by Gasteiger charge is -2.25. The summed E-state index contributed by atoms with van der Waals surface area (Å²) in [5.41, 5.74) is 5.65. The van der Waals surface area contributed by atoms with Gasteiger partial charge in [-0.2, -0.15) is 0 Å². The lowest BCUT2D eigenvalue weighted by molar-refractivity contribution is -0.119. The lowest BCUT2D eigenvalue weighted by Crippen LogP contribution is -2.45. The van der Waals surface area contributed by atoms with Crippen LogP contribution in [-0.2, 0) is 4.79 Å². The van der Waals surface area contributed by atoms with E-state index in [1.165, 1.54) is 12.1 Å². The van der Waals surface area contributed by atoms with Crippen LogP contribution in [0.4, 0.5) is 10.1 Å². The van der Waals surface area contributed by atoms with E-state index in [9.17, 15) is 9.18 Å². The van der Waals surface area contributed by atoms with E-state index < -0.39 is 17.6 Å². The van der Waals surface area contributed by atoms with E-state index in [0.717, 1.165) is 6.07 Å². The Bertz CT molecular complexity index is 427. The highest BCUT2D eigenvalue weighted by Crippen LogP contribution is 2.22. The molecule has 1 atom stereocenters. The quantitative estimate of drug-likeness (QED) is 0.690. The van der Waals surface area contributed by atoms with E-state index >= 15 is 0 Å². The number of nitrogens with one attached hydrogen (secondary N) is 1. The van der Waals surface area contributed by atoms with Crippen LogP contribution in [-0.4, -0.2) is 17.1 Å². The smallest absolute Gasteiger partial charge is 0.241 e. The zero-order valence-electron chi connectivity index (χ0n) is 10.1. The number of phenols is 1. The predicted molar refractivity (Wildman–Crippen MR) is 64.1 cm³/mol. The fourth-order valence-corrected chi connectivity index (χ4v) is 1.20. The SMILES string of the molecule is CC(C)(C)[C@H](N)C(=O)Nc1ccc(O)c(F)c1. The molecule has 4 N–H and O–H groups in total. The van der Waals surface area contributed by atoms with Crippen LogP contribution in [0.1, 0.15) is 20.8 Å². The molecule has 0 aromatic heterocycles. The number of carbonyl (C=O) groups excluding carboxylic acids is 1. The summed E-state index contributed by atoms with van der Waals surface area (Å²) in [6, 6.07) is 2.93. The first-order valence-corrected chi connectivity index (χ1v) is 5.27. The Balaban J connectivity index is 2.78. The minimum atomic E-state index is -0.785. The Morgan fingerprint density at radius 1 is 1.47 bits per heavy atom. The molecular formula is C12H17FN2O2. The number of aromatic hydroxyl groups is 1. The number of benzene rings is 1. The largest absolute Gasteiger partial charge is 0.505 e. The second-order valence-electron chi connectivity index (χ2n) is 5.00. The predicted octanol–water partition coefficient (Wildman–Crippen LogP) is 1.84. The summed E-state index contributed by atoms with van der Waals surface area (Å²) in [5.74, 6) is -1.63. The normalized spacial score (nSPS) is 13.2. The molecule has 94 valence electrons. The Hall–Kier alpha value is -1.62. The molecule has 0 saturated carbocycles. The van der Waals surface area contributed by atoms with Crippen molar-refractivity contribution in [2.75, 3.05) is 5.32 Å². The minimum absolute atomic E-state index is 0.269. The number of hydrogen-bond acceptors (Lipinski definition) is 3. The molecule has 1 aromatic carbocycles. The van der Waals surface area contributed by atoms with Crippen molar-refractivity contribution in [2.24, 2.45) is 11.1 Å². The van der Waals surface area contributed by atoms with Crippen molar-refractivity contribution in [3.05, 3.63) is 24.0 Å². The van der Waals surface area contributed by atoms with E-state index in [2.05, 4.69) is 5.32 Å². The van der Waals surface area contributed by atoms with Gasteiger partial charge in [-0.15, -0.1) is 0 Å². The Morgan fingerprint density at radius 2 is 2.06 bits per heavy atom. The van der Waals surface area contributed by atoms with Crippen molar-refractivity contribution in [2.45, 2.75) is 26.8 Å². The van der Waals surface area contributed by atoms with Crippen molar-refractivity contribution < 1.29 is 14.3 Å². The van der Waals surface area contributed by atoms with Crippen LogP contribution < -0.4 is 11.1 Å². The number of phenolic OH excluding ortho intramolecular Hbond substituents is 1. The molecular weight excluding hydrogens is 223 g/mol. The Morgan fingerprint density at radius 3 is 2.53 bits per heavy atom. The summed E-state index contributed by atoms with van der Waals surface area (Å²) in [6.45, 7) is 5.53. The standard InChI is InChI=1S/C12H17FN2O2/c1-12(2,3)10(14)11(17)15-7-4-5-9(16)8(13)6-7/h4-6,10,16H,14H2,1-3H3,(H,15,17)/t10-/m1/s1. The zero-order valence-corrected chi connectivity index (χ0v) is 10.1. The van der Waals surface area contributed by atoms with Crippen molar-refractivity contribution in [1.29, 1.82) is 0 Å². The van der Waals surface area contributed by atoms with E-state index in [1.54, 1.807) is 0 Å². The zero-order chi connectivity index (χ0) is 13.2. The molecule has 0 aliphatic rings. The second-order valence-corrected chi connectivity index (χ2v) is 5.00. The molecule has 4 nitrogen and oxygen atoms in total. The molecule has 0 spiro atoms. The molecule has 0 bridgehead atoms. The van der Waals surface area contributed by atoms with Crippen LogP contribution in [0.25, 0.3) is 0 Å². The molecule has 1 amide bonds. The van der Waals surface area contributed by atoms with Gasteiger partial charge in [0.15, 0.2) is 11.6 Å². The molecule has 0 saturated heterocycles. The molecule has 1 aromatic rings. The fourth-order valence-electron chi connectivity index (χ4n) is 1.20. The Labute approximate surface area is 99.6 Å². The lowest BCUT2D eigenvalue weighted by atomic mass is 9.87. The maximum Gasteiger partial charge on any atom is 0.241 e. The first-order valence-electron chi connectivity index (χ1n) is 5.27. The average Bonchev–Trinajstić information content (AvgIpc) is 2.21. The van der Waals surface area contributed by atoms with Gasteiger partial charge in [0.1, 0.15) is 0 Å². The van der Waals surface area contributed by atoms with Crippen molar-refractivity contribution >= 4 is 11.6 Å². The van der Waals surface area contributed by atoms with Gasteiger partial charge in [0, 0.05) is 11.8 Å². The van der Waals surface area contributed by atoms with Gasteiger partial charge in [-0.25, -0.2) is 4.39 Å². The first-order chi connectivity index (χ1) is 7.71. The van der Waals surface area contributed by atoms with Gasteiger partial charge in [-0.3, -0.25) is 4.79 Å². The van der Waals surface area contributed by atoms with Gasteiger partial charge in [-0.05, 0) is 17.5 Å². The highest BCUT2D eigenvalue weighted by molar-refractivity contribution is 5.95. The summed E-state index contributed by atoms with van der Waals surface area (Å²) < 4.78 is 13.0. The molecule has 0 aliphatic heterocycles. The van der Waals surface area contributed by atoms with Gasteiger partial charge in [-0.1, -0.05) is 20.8 Å². The third-order valence-corrected chi connectivity index (χ3v) is 2.43. The minimum Gasteiger partial charge on any atom is -0.505 e. The van der Waals surface area contributed by atoms with Crippen LogP contribution in [0.2, 0.25) is 0 Å². The topological polar surface area (TPSA) is 75.4 Å². The molecule has 0 radical (unpaired) electrons. The summed E-state index contributed by atoms with van der Waals surface area (Å²) in [7, 11) is 0. The van der Waals surface area contributed by atoms with E-state index in [4.69, 9.17) is 10.8 Å². The molecule has 0 heterocycles. The average molecular weight is 240 g/mol. The maximum absolute atomic E-state index is 13.0. The molecule has 0 fully saturated rings. The van der Waals surface area contributed by atoms with Gasteiger partial charge in [0.25, 0.3) is 0 Å². The molecule has 0 unspecified atom stereocenters. The maximum atomic E-state index is 13.0. The summed E-state index contributed by atoms with van der Waals surface area (Å²) in [6.07, 6.45) is 0. The number of hydrogen-bond donors (Lipinski definition) is 3. The number of carbonyl (C=O) groups is 1. The highest BCUT2D eigenvalue weighted by Gasteiger charge is 2.27. The van der Waals surface area contributed by atoms with Gasteiger partial charge < -0.3 is 16.2 Å². The number of amides is 1. The number of anilines is 1. The van der Waals surface area contributed by atoms with Crippen LogP contribution in [0, 0.1) is 11.2 Å². The van der Waals surface area contributed by atoms with Gasteiger partial charge in [0.05, 0.1) is 6.04 Å². The summed E-state index contributed by atoms with van der Waals surface area (Å²) in [5, 5.41) is 11.5. The van der Waals surface area contributed by atoms with Crippen LogP contribution >= 0.6 is 0 Å². The third kappa shape index (κ3) is 3.42. The first kappa shape index (κ1) is 13.4. The molecule has 1 rings (SSSR count). The third-order valence-electron chi connectivity index (χ3n) is 2.43. The Kier molecular flexibility index (Phi) is 3.72.